The van der Waals surface area contributed by atoms with Crippen molar-refractivity contribution in [2.75, 3.05) is 5.32 Å². The van der Waals surface area contributed by atoms with Crippen molar-refractivity contribution in [3.63, 3.8) is 0 Å². The Bertz CT molecular complexity index is 427. The summed E-state index contributed by atoms with van der Waals surface area (Å²) >= 11 is 1.86. The van der Waals surface area contributed by atoms with E-state index in [0.29, 0.717) is 11.1 Å². The zero-order valence-electron chi connectivity index (χ0n) is 12.4. The van der Waals surface area contributed by atoms with Crippen LogP contribution in [0.1, 0.15) is 51.0 Å². The molecule has 1 heterocycles. The lowest BCUT2D eigenvalue weighted by molar-refractivity contribution is -0.115. The molecular weight excluding hydrogens is 268 g/mol. The molecule has 3 nitrogen and oxygen atoms in total. The summed E-state index contributed by atoms with van der Waals surface area (Å²) in [5, 5.41) is 3.64. The fourth-order valence-corrected chi connectivity index (χ4v) is 3.97. The van der Waals surface area contributed by atoms with Gasteiger partial charge in [0.25, 0.3) is 0 Å². The minimum atomic E-state index is 0.0428. The van der Waals surface area contributed by atoms with Gasteiger partial charge in [-0.2, -0.15) is 0 Å². The normalized spacial score (nSPS) is 17.7. The molecule has 1 aliphatic carbocycles. The lowest BCUT2D eigenvalue weighted by Crippen LogP contribution is -2.27. The second-order valence-electron chi connectivity index (χ2n) is 5.50. The Balaban J connectivity index is 1.89. The molecule has 1 N–H and O–H groups in total. The average molecular weight is 292 g/mol. The Labute approximate surface area is 125 Å². The number of aromatic nitrogens is 1. The maximum absolute atomic E-state index is 12.3. The summed E-state index contributed by atoms with van der Waals surface area (Å²) in [6, 6.07) is 3.84. The SMILES string of the molecule is CCC(SC1CCCCC1)C(=O)Nc1ccc(C)cn1. The van der Waals surface area contributed by atoms with Gasteiger partial charge in [0.15, 0.2) is 0 Å². The molecule has 4 heteroatoms. The van der Waals surface area contributed by atoms with Crippen molar-refractivity contribution in [1.29, 1.82) is 0 Å². The zero-order chi connectivity index (χ0) is 14.4. The fraction of sp³-hybridized carbons (Fsp3) is 0.625. The molecule has 1 atom stereocenters. The van der Waals surface area contributed by atoms with E-state index in [9.17, 15) is 4.79 Å². The monoisotopic (exact) mass is 292 g/mol. The standard InChI is InChI=1S/C16H24N2OS/c1-3-14(20-13-7-5-4-6-8-13)16(19)18-15-10-9-12(2)11-17-15/h9-11,13-14H,3-8H2,1-2H3,(H,17,18,19). The number of carbonyl (C=O) groups excluding carboxylic acids is 1. The van der Waals surface area contributed by atoms with Crippen LogP contribution in [0.25, 0.3) is 0 Å². The number of hydrogen-bond donors (Lipinski definition) is 1. The van der Waals surface area contributed by atoms with Gasteiger partial charge in [0.1, 0.15) is 5.82 Å². The molecule has 0 bridgehead atoms. The molecule has 1 saturated carbocycles. The van der Waals surface area contributed by atoms with Crippen LogP contribution in [-0.4, -0.2) is 21.4 Å². The Morgan fingerprint density at radius 3 is 2.75 bits per heavy atom. The number of amides is 1. The molecule has 0 spiro atoms. The number of aryl methyl sites for hydroxylation is 1. The van der Waals surface area contributed by atoms with Gasteiger partial charge in [0.05, 0.1) is 5.25 Å². The van der Waals surface area contributed by atoms with Crippen molar-refractivity contribution >= 4 is 23.5 Å². The van der Waals surface area contributed by atoms with E-state index in [2.05, 4.69) is 17.2 Å². The number of nitrogens with zero attached hydrogens (tertiary/aromatic N) is 1. The highest BCUT2D eigenvalue weighted by atomic mass is 32.2. The van der Waals surface area contributed by atoms with Crippen LogP contribution in [0.2, 0.25) is 0 Å². The molecule has 0 saturated heterocycles. The highest BCUT2D eigenvalue weighted by Gasteiger charge is 2.23. The van der Waals surface area contributed by atoms with E-state index < -0.39 is 0 Å². The van der Waals surface area contributed by atoms with Gasteiger partial charge < -0.3 is 5.32 Å². The van der Waals surface area contributed by atoms with Crippen molar-refractivity contribution in [3.8, 4) is 0 Å². The summed E-state index contributed by atoms with van der Waals surface area (Å²) in [5.41, 5.74) is 1.10. The van der Waals surface area contributed by atoms with Gasteiger partial charge in [0, 0.05) is 11.4 Å². The van der Waals surface area contributed by atoms with E-state index in [-0.39, 0.29) is 11.2 Å². The van der Waals surface area contributed by atoms with Crippen molar-refractivity contribution in [3.05, 3.63) is 23.9 Å². The molecule has 0 aliphatic heterocycles. The van der Waals surface area contributed by atoms with Gasteiger partial charge in [0.2, 0.25) is 5.91 Å². The molecule has 1 aromatic rings. The third kappa shape index (κ3) is 4.51. The van der Waals surface area contributed by atoms with E-state index in [1.54, 1.807) is 6.20 Å². The van der Waals surface area contributed by atoms with Crippen molar-refractivity contribution in [1.82, 2.24) is 4.98 Å². The van der Waals surface area contributed by atoms with Crippen LogP contribution < -0.4 is 5.32 Å². The number of nitrogens with one attached hydrogen (secondary N) is 1. The van der Waals surface area contributed by atoms with Crippen LogP contribution in [-0.2, 0) is 4.79 Å². The summed E-state index contributed by atoms with van der Waals surface area (Å²) in [6.45, 7) is 4.08. The van der Waals surface area contributed by atoms with Crippen LogP contribution in [0.3, 0.4) is 0 Å². The maximum Gasteiger partial charge on any atom is 0.238 e. The lowest BCUT2D eigenvalue weighted by Gasteiger charge is -2.25. The minimum absolute atomic E-state index is 0.0428. The van der Waals surface area contributed by atoms with Crippen molar-refractivity contribution < 1.29 is 4.79 Å². The van der Waals surface area contributed by atoms with Crippen LogP contribution >= 0.6 is 11.8 Å². The van der Waals surface area contributed by atoms with E-state index >= 15 is 0 Å². The largest absolute Gasteiger partial charge is 0.310 e. The maximum atomic E-state index is 12.3. The van der Waals surface area contributed by atoms with Crippen LogP contribution in [0.4, 0.5) is 5.82 Å². The number of anilines is 1. The van der Waals surface area contributed by atoms with Crippen molar-refractivity contribution in [2.45, 2.75) is 62.9 Å². The lowest BCUT2D eigenvalue weighted by atomic mass is 10.0. The molecule has 2 rings (SSSR count). The van der Waals surface area contributed by atoms with Gasteiger partial charge in [-0.25, -0.2) is 4.98 Å². The highest BCUT2D eigenvalue weighted by molar-refractivity contribution is 8.01. The van der Waals surface area contributed by atoms with Gasteiger partial charge in [-0.3, -0.25) is 4.79 Å². The second kappa shape index (κ2) is 7.67. The van der Waals surface area contributed by atoms with E-state index in [0.717, 1.165) is 12.0 Å². The van der Waals surface area contributed by atoms with Gasteiger partial charge in [-0.05, 0) is 37.8 Å². The fourth-order valence-electron chi connectivity index (χ4n) is 2.53. The van der Waals surface area contributed by atoms with Gasteiger partial charge >= 0.3 is 0 Å². The molecular formula is C16H24N2OS. The molecule has 1 aliphatic rings. The molecule has 1 fully saturated rings. The van der Waals surface area contributed by atoms with Crippen LogP contribution in [0.5, 0.6) is 0 Å². The Kier molecular flexibility index (Phi) is 5.89. The topological polar surface area (TPSA) is 42.0 Å². The smallest absolute Gasteiger partial charge is 0.238 e. The zero-order valence-corrected chi connectivity index (χ0v) is 13.2. The van der Waals surface area contributed by atoms with Gasteiger partial charge in [-0.15, -0.1) is 11.8 Å². The Morgan fingerprint density at radius 1 is 1.40 bits per heavy atom. The molecule has 1 aromatic heterocycles. The number of hydrogen-bond acceptors (Lipinski definition) is 3. The van der Waals surface area contributed by atoms with Crippen molar-refractivity contribution in [2.24, 2.45) is 0 Å². The summed E-state index contributed by atoms with van der Waals surface area (Å²) in [5.74, 6) is 0.753. The number of thioether (sulfide) groups is 1. The third-order valence-electron chi connectivity index (χ3n) is 3.73. The molecule has 0 aromatic carbocycles. The predicted octanol–water partition coefficient (Wildman–Crippen LogP) is 4.17. The first-order valence-electron chi connectivity index (χ1n) is 7.58. The molecule has 1 unspecified atom stereocenters. The molecule has 0 radical (unpaired) electrons. The highest BCUT2D eigenvalue weighted by Crippen LogP contribution is 2.32. The van der Waals surface area contributed by atoms with E-state index in [1.165, 1.54) is 32.1 Å². The summed E-state index contributed by atoms with van der Waals surface area (Å²) in [7, 11) is 0. The van der Waals surface area contributed by atoms with Crippen LogP contribution in [0.15, 0.2) is 18.3 Å². The first kappa shape index (κ1) is 15.4. The van der Waals surface area contributed by atoms with E-state index in [4.69, 9.17) is 0 Å². The Morgan fingerprint density at radius 2 is 2.15 bits per heavy atom. The minimum Gasteiger partial charge on any atom is -0.310 e. The number of carbonyl (C=O) groups is 1. The number of rotatable bonds is 5. The summed E-state index contributed by atoms with van der Waals surface area (Å²) in [4.78, 5) is 16.6. The summed E-state index contributed by atoms with van der Waals surface area (Å²) < 4.78 is 0. The first-order valence-corrected chi connectivity index (χ1v) is 8.52. The van der Waals surface area contributed by atoms with Crippen LogP contribution in [0, 0.1) is 6.92 Å². The quantitative estimate of drug-likeness (QED) is 0.885. The number of pyridine rings is 1. The predicted molar refractivity (Wildman–Crippen MR) is 86.1 cm³/mol. The Hall–Kier alpha value is -1.03. The van der Waals surface area contributed by atoms with Gasteiger partial charge in [-0.1, -0.05) is 32.3 Å². The van der Waals surface area contributed by atoms with E-state index in [1.807, 2.05) is 30.8 Å². The average Bonchev–Trinajstić information content (AvgIpc) is 2.48. The third-order valence-corrected chi connectivity index (χ3v) is 5.47. The summed E-state index contributed by atoms with van der Waals surface area (Å²) in [6.07, 6.45) is 9.16. The first-order chi connectivity index (χ1) is 9.69. The molecule has 1 amide bonds. The molecule has 110 valence electrons. The molecule has 20 heavy (non-hydrogen) atoms. The second-order valence-corrected chi connectivity index (χ2v) is 7.01.